The number of carbonyl (C=O) groups is 10. The molecule has 0 spiro atoms. The van der Waals surface area contributed by atoms with Crippen molar-refractivity contribution >= 4 is 59.1 Å². The van der Waals surface area contributed by atoms with Crippen molar-refractivity contribution in [3.8, 4) is 0 Å². The van der Waals surface area contributed by atoms with Crippen molar-refractivity contribution in [3.63, 3.8) is 0 Å². The number of hydrogen-bond acceptors (Lipinski definition) is 17. The lowest BCUT2D eigenvalue weighted by molar-refractivity contribution is -0.139. The molecular formula is C50H84N14O13. The monoisotopic (exact) mass is 1090 g/mol. The van der Waals surface area contributed by atoms with Crippen LogP contribution in [0.2, 0.25) is 0 Å². The van der Waals surface area contributed by atoms with Gasteiger partial charge >= 0.3 is 0 Å². The molecule has 10 amide bonds. The standard InChI is InChI=1S/C50H84N14O13/c1-26(2)23-35-45(72)58-31(15-19-51)41(68)57-33(17-21-53)44(71)63-38(27(3)65)48(75)55-22-18-34(43(70)56-32(16-20-52)42(69)61-36(46(73)60-35)24-29-11-7-5-8-12-29)59-47(74)37(25-54)62-49(76)39(28(4)66)64-50(77)40(67)30-13-9-6-10-14-30/h5,7-8,11-12,26-28,30-40,65-67H,6,9-10,13-25,51-54H2,1-4H3,(H,55,75)(H,56,70)(H,57,68)(H,58,72)(H,59,74)(H,60,73)(H,61,69)(H,62,76)(H,63,71)(H,64,77)/t27?,28?,31-,32-,33-,34-,35-,36+,37-,38-,39-,40?/m0/s1. The van der Waals surface area contributed by atoms with Crippen LogP contribution in [-0.4, -0.2) is 180 Å². The van der Waals surface area contributed by atoms with Gasteiger partial charge < -0.3 is 91.4 Å². The summed E-state index contributed by atoms with van der Waals surface area (Å²) < 4.78 is 0. The van der Waals surface area contributed by atoms with Gasteiger partial charge in [-0.3, -0.25) is 47.9 Å². The van der Waals surface area contributed by atoms with E-state index < -0.39 is 151 Å². The van der Waals surface area contributed by atoms with Gasteiger partial charge in [0.05, 0.1) is 12.2 Å². The zero-order valence-electron chi connectivity index (χ0n) is 44.5. The molecule has 12 atom stereocenters. The second kappa shape index (κ2) is 33.0. The second-order valence-electron chi connectivity index (χ2n) is 20.1. The van der Waals surface area contributed by atoms with Crippen molar-refractivity contribution in [2.75, 3.05) is 32.7 Å². The molecule has 1 saturated carbocycles. The van der Waals surface area contributed by atoms with Gasteiger partial charge in [0.25, 0.3) is 0 Å². The highest BCUT2D eigenvalue weighted by Gasteiger charge is 2.38. The van der Waals surface area contributed by atoms with E-state index in [1.165, 1.54) is 13.8 Å². The van der Waals surface area contributed by atoms with Crippen LogP contribution in [-0.2, 0) is 54.4 Å². The number of nitrogens with one attached hydrogen (secondary N) is 10. The number of aliphatic hydroxyl groups excluding tert-OH is 3. The van der Waals surface area contributed by atoms with Crippen LogP contribution in [0.15, 0.2) is 30.3 Å². The smallest absolute Gasteiger partial charge is 0.249 e. The maximum Gasteiger partial charge on any atom is 0.249 e. The van der Waals surface area contributed by atoms with E-state index in [1.807, 2.05) is 0 Å². The molecule has 432 valence electrons. The van der Waals surface area contributed by atoms with Gasteiger partial charge in [0, 0.05) is 19.5 Å². The van der Waals surface area contributed by atoms with Gasteiger partial charge in [0.1, 0.15) is 60.5 Å². The Morgan fingerprint density at radius 3 is 1.58 bits per heavy atom. The van der Waals surface area contributed by atoms with Gasteiger partial charge in [-0.1, -0.05) is 63.4 Å². The van der Waals surface area contributed by atoms with Gasteiger partial charge in [-0.2, -0.15) is 0 Å². The van der Waals surface area contributed by atoms with Gasteiger partial charge in [0.15, 0.2) is 0 Å². The SMILES string of the molecule is CC(C)C[C@@H]1NC(=O)[C@@H](Cc2ccccc2)NC(=O)[C@H](CCN)NC(=O)[C@@H](NC(=O)[C@H](CN)NC(=O)[C@@H](NC(=O)C(O)C2CCCCC2)C(C)O)CCNC(=O)[C@H](C(C)O)NC(=O)[C@H](CCN)NC(=O)[C@H](CCN)NC1=O. The summed E-state index contributed by atoms with van der Waals surface area (Å²) in [7, 11) is 0. The maximum atomic E-state index is 14.4. The zero-order chi connectivity index (χ0) is 57.4. The van der Waals surface area contributed by atoms with E-state index in [2.05, 4.69) is 53.2 Å². The van der Waals surface area contributed by atoms with Crippen molar-refractivity contribution in [1.29, 1.82) is 0 Å². The first-order chi connectivity index (χ1) is 36.5. The molecule has 1 aromatic rings. The maximum absolute atomic E-state index is 14.4. The summed E-state index contributed by atoms with van der Waals surface area (Å²) >= 11 is 0. The van der Waals surface area contributed by atoms with E-state index in [9.17, 15) is 63.3 Å². The Kier molecular flexibility index (Phi) is 27.9. The third kappa shape index (κ3) is 21.2. The minimum Gasteiger partial charge on any atom is -0.391 e. The molecule has 2 aliphatic rings. The third-order valence-corrected chi connectivity index (χ3v) is 13.2. The highest BCUT2D eigenvalue weighted by atomic mass is 16.3. The van der Waals surface area contributed by atoms with Crippen molar-refractivity contribution in [1.82, 2.24) is 53.2 Å². The highest BCUT2D eigenvalue weighted by Crippen LogP contribution is 2.26. The lowest BCUT2D eigenvalue weighted by atomic mass is 9.85. The number of aliphatic hydroxyl groups is 3. The van der Waals surface area contributed by atoms with Crippen molar-refractivity contribution in [3.05, 3.63) is 35.9 Å². The molecule has 1 heterocycles. The summed E-state index contributed by atoms with van der Waals surface area (Å²) in [5.41, 5.74) is 24.1. The van der Waals surface area contributed by atoms with Crippen LogP contribution in [0, 0.1) is 11.8 Å². The summed E-state index contributed by atoms with van der Waals surface area (Å²) in [5, 5.41) is 57.1. The van der Waals surface area contributed by atoms with Crippen LogP contribution in [0.5, 0.6) is 0 Å². The molecule has 3 unspecified atom stereocenters. The molecule has 2 fully saturated rings. The number of nitrogens with two attached hydrogens (primary N) is 4. The molecule has 21 N–H and O–H groups in total. The number of carbonyl (C=O) groups excluding carboxylic acids is 10. The van der Waals surface area contributed by atoms with Gasteiger partial charge in [0.2, 0.25) is 59.1 Å². The average Bonchev–Trinajstić information content (AvgIpc) is 3.39. The predicted octanol–water partition coefficient (Wildman–Crippen LogP) is -6.13. The fourth-order valence-electron chi connectivity index (χ4n) is 8.88. The fraction of sp³-hybridized carbons (Fsp3) is 0.680. The first-order valence-corrected chi connectivity index (χ1v) is 26.4. The summed E-state index contributed by atoms with van der Waals surface area (Å²) in [6.45, 7) is 4.51. The number of benzene rings is 1. The van der Waals surface area contributed by atoms with Crippen LogP contribution in [0.4, 0.5) is 0 Å². The van der Waals surface area contributed by atoms with Crippen LogP contribution < -0.4 is 76.1 Å². The normalized spacial score (nSPS) is 25.1. The first-order valence-electron chi connectivity index (χ1n) is 26.4. The number of hydrogen-bond donors (Lipinski definition) is 17. The van der Waals surface area contributed by atoms with Crippen LogP contribution >= 0.6 is 0 Å². The summed E-state index contributed by atoms with van der Waals surface area (Å²) in [6, 6.07) is -4.99. The molecule has 0 radical (unpaired) electrons. The minimum atomic E-state index is -1.67. The van der Waals surface area contributed by atoms with E-state index in [-0.39, 0.29) is 63.6 Å². The molecule has 27 nitrogen and oxygen atoms in total. The Labute approximate surface area is 448 Å². The zero-order valence-corrected chi connectivity index (χ0v) is 44.5. The molecule has 1 aliphatic heterocycles. The molecule has 77 heavy (non-hydrogen) atoms. The van der Waals surface area contributed by atoms with E-state index in [4.69, 9.17) is 22.9 Å². The van der Waals surface area contributed by atoms with Crippen LogP contribution in [0.1, 0.15) is 97.5 Å². The Morgan fingerprint density at radius 2 is 1.08 bits per heavy atom. The highest BCUT2D eigenvalue weighted by molar-refractivity contribution is 5.99. The molecule has 0 bridgehead atoms. The van der Waals surface area contributed by atoms with Gasteiger partial charge in [-0.15, -0.1) is 0 Å². The summed E-state index contributed by atoms with van der Waals surface area (Å²) in [6.07, 6.45) is -1.84. The van der Waals surface area contributed by atoms with E-state index >= 15 is 0 Å². The topological polar surface area (TPSA) is 456 Å². The molecular weight excluding hydrogens is 1000 g/mol. The first kappa shape index (κ1) is 64.9. The van der Waals surface area contributed by atoms with Crippen molar-refractivity contribution < 1.29 is 63.3 Å². The molecule has 1 aliphatic carbocycles. The van der Waals surface area contributed by atoms with E-state index in [0.29, 0.717) is 18.4 Å². The Balaban J connectivity index is 2.07. The van der Waals surface area contributed by atoms with Gasteiger partial charge in [-0.05, 0) is 95.8 Å². The number of rotatable bonds is 20. The molecule has 3 rings (SSSR count). The molecule has 27 heteroatoms. The largest absolute Gasteiger partial charge is 0.391 e. The minimum absolute atomic E-state index is 0.0530. The third-order valence-electron chi connectivity index (χ3n) is 13.2. The predicted molar refractivity (Wildman–Crippen MR) is 281 cm³/mol. The second-order valence-corrected chi connectivity index (χ2v) is 20.1. The van der Waals surface area contributed by atoms with Gasteiger partial charge in [-0.25, -0.2) is 0 Å². The lowest BCUT2D eigenvalue weighted by Crippen LogP contribution is -2.62. The summed E-state index contributed by atoms with van der Waals surface area (Å²) in [4.78, 5) is 139. The molecule has 1 aromatic carbocycles. The van der Waals surface area contributed by atoms with Crippen LogP contribution in [0.25, 0.3) is 0 Å². The molecule has 1 saturated heterocycles. The molecule has 0 aromatic heterocycles. The fourth-order valence-corrected chi connectivity index (χ4v) is 8.88. The van der Waals surface area contributed by atoms with Crippen molar-refractivity contribution in [2.24, 2.45) is 34.8 Å². The Morgan fingerprint density at radius 1 is 0.584 bits per heavy atom. The average molecular weight is 1090 g/mol. The Bertz CT molecular complexity index is 2130. The van der Waals surface area contributed by atoms with Crippen LogP contribution in [0.3, 0.4) is 0 Å². The van der Waals surface area contributed by atoms with Crippen molar-refractivity contribution in [2.45, 2.75) is 171 Å². The Hall–Kier alpha value is -6.36. The number of amides is 10. The summed E-state index contributed by atoms with van der Waals surface area (Å²) in [5.74, 6) is -9.95. The van der Waals surface area contributed by atoms with E-state index in [1.54, 1.807) is 44.2 Å². The lowest BCUT2D eigenvalue weighted by Gasteiger charge is -2.29. The quantitative estimate of drug-likeness (QED) is 0.0578. The van der Waals surface area contributed by atoms with E-state index in [0.717, 1.165) is 19.3 Å².